The van der Waals surface area contributed by atoms with Crippen molar-refractivity contribution in [1.82, 2.24) is 0 Å². The second-order valence-electron chi connectivity index (χ2n) is 13.6. The van der Waals surface area contributed by atoms with Crippen LogP contribution in [-0.4, -0.2) is 70.7 Å². The molecule has 0 aliphatic heterocycles. The molecule has 2 unspecified atom stereocenters. The highest BCUT2D eigenvalue weighted by molar-refractivity contribution is 7.45. The van der Waals surface area contributed by atoms with Crippen LogP contribution < -0.4 is 4.89 Å². The highest BCUT2D eigenvalue weighted by Crippen LogP contribution is 2.38. The molecule has 0 heterocycles. The van der Waals surface area contributed by atoms with E-state index in [0.29, 0.717) is 24.1 Å². The fourth-order valence-electron chi connectivity index (χ4n) is 4.68. The Kier molecular flexibility index (Phi) is 31.1. The van der Waals surface area contributed by atoms with Gasteiger partial charge in [-0.3, -0.25) is 9.36 Å². The monoisotopic (exact) mass is 686 g/mol. The number of unbranched alkanes of at least 4 members (excludes halogenated alkanes) is 14. The molecule has 0 N–H and O–H groups in total. The van der Waals surface area contributed by atoms with Crippen LogP contribution >= 0.6 is 7.82 Å². The van der Waals surface area contributed by atoms with E-state index < -0.39 is 13.9 Å². The summed E-state index contributed by atoms with van der Waals surface area (Å²) >= 11 is 0. The molecule has 8 nitrogen and oxygen atoms in total. The minimum absolute atomic E-state index is 0.0214. The molecule has 0 aliphatic carbocycles. The van der Waals surface area contributed by atoms with Crippen molar-refractivity contribution in [2.24, 2.45) is 0 Å². The number of allylic oxidation sites excluding steroid dienone is 6. The number of rotatable bonds is 34. The Balaban J connectivity index is 4.35. The number of carbonyl (C=O) groups is 1. The molecular weight excluding hydrogens is 613 g/mol. The minimum atomic E-state index is -4.52. The Bertz CT molecular complexity index is 853. The van der Waals surface area contributed by atoms with Crippen LogP contribution in [0.2, 0.25) is 0 Å². The lowest BCUT2D eigenvalue weighted by Crippen LogP contribution is -2.37. The molecule has 0 spiro atoms. The molecule has 0 fully saturated rings. The Morgan fingerprint density at radius 1 is 0.660 bits per heavy atom. The van der Waals surface area contributed by atoms with Gasteiger partial charge >= 0.3 is 5.97 Å². The number of likely N-dealkylation sites (N-methyl/N-ethyl adjacent to an activating group) is 1. The van der Waals surface area contributed by atoms with Crippen LogP contribution in [0.1, 0.15) is 142 Å². The van der Waals surface area contributed by atoms with Gasteiger partial charge in [0.15, 0.2) is 0 Å². The molecule has 276 valence electrons. The van der Waals surface area contributed by atoms with E-state index >= 15 is 0 Å². The van der Waals surface area contributed by atoms with Gasteiger partial charge in [-0.2, -0.15) is 0 Å². The van der Waals surface area contributed by atoms with Crippen LogP contribution in [-0.2, 0) is 27.9 Å². The summed E-state index contributed by atoms with van der Waals surface area (Å²) in [5.41, 5.74) is 0. The number of ether oxygens (including phenoxy) is 2. The van der Waals surface area contributed by atoms with Gasteiger partial charge in [0.25, 0.3) is 7.82 Å². The van der Waals surface area contributed by atoms with Gasteiger partial charge in [-0.15, -0.1) is 0 Å². The fourth-order valence-corrected chi connectivity index (χ4v) is 5.41. The molecule has 0 aromatic heterocycles. The molecule has 0 saturated heterocycles. The highest BCUT2D eigenvalue weighted by Gasteiger charge is 2.20. The number of phosphoric acid groups is 1. The fraction of sp³-hybridized carbons (Fsp3) is 0.816. The zero-order valence-corrected chi connectivity index (χ0v) is 31.9. The maximum Gasteiger partial charge on any atom is 0.306 e. The first kappa shape index (κ1) is 45.7. The summed E-state index contributed by atoms with van der Waals surface area (Å²) in [6.45, 7) is 5.26. The molecule has 0 rings (SSSR count). The molecule has 0 saturated carbocycles. The van der Waals surface area contributed by atoms with Gasteiger partial charge in [0.05, 0.1) is 34.4 Å². The van der Waals surface area contributed by atoms with E-state index in [9.17, 15) is 14.3 Å². The van der Waals surface area contributed by atoms with Crippen LogP contribution in [0.5, 0.6) is 0 Å². The molecule has 2 atom stereocenters. The Morgan fingerprint density at radius 3 is 1.83 bits per heavy atom. The number of hydrogen-bond acceptors (Lipinski definition) is 7. The predicted octanol–water partition coefficient (Wildman–Crippen LogP) is 9.63. The third kappa shape index (κ3) is 35.8. The van der Waals surface area contributed by atoms with Crippen LogP contribution in [0.15, 0.2) is 36.5 Å². The maximum absolute atomic E-state index is 12.6. The molecule has 9 heteroatoms. The number of quaternary nitrogens is 1. The van der Waals surface area contributed by atoms with Crippen molar-refractivity contribution in [2.75, 3.05) is 54.1 Å². The van der Waals surface area contributed by atoms with E-state index in [0.717, 1.165) is 64.2 Å². The minimum Gasteiger partial charge on any atom is -0.756 e. The van der Waals surface area contributed by atoms with Crippen molar-refractivity contribution in [2.45, 2.75) is 148 Å². The van der Waals surface area contributed by atoms with E-state index in [1.165, 1.54) is 57.8 Å². The summed E-state index contributed by atoms with van der Waals surface area (Å²) in [5, 5.41) is 0. The van der Waals surface area contributed by atoms with Crippen molar-refractivity contribution < 1.29 is 37.3 Å². The van der Waals surface area contributed by atoms with Gasteiger partial charge in [-0.05, 0) is 57.8 Å². The van der Waals surface area contributed by atoms with Gasteiger partial charge in [-0.25, -0.2) is 0 Å². The zero-order valence-electron chi connectivity index (χ0n) is 31.0. The number of esters is 1. The molecule has 0 radical (unpaired) electrons. The van der Waals surface area contributed by atoms with E-state index in [4.69, 9.17) is 18.5 Å². The number of phosphoric ester groups is 1. The first-order chi connectivity index (χ1) is 22.6. The van der Waals surface area contributed by atoms with Gasteiger partial charge in [0.1, 0.15) is 19.3 Å². The maximum atomic E-state index is 12.6. The topological polar surface area (TPSA) is 94.1 Å². The quantitative estimate of drug-likeness (QED) is 0.0219. The second-order valence-corrected chi connectivity index (χ2v) is 15.0. The van der Waals surface area contributed by atoms with Crippen molar-refractivity contribution in [3.8, 4) is 0 Å². The lowest BCUT2D eigenvalue weighted by molar-refractivity contribution is -0.870. The first-order valence-corrected chi connectivity index (χ1v) is 20.2. The number of nitrogens with zero attached hydrogens (tertiary/aromatic N) is 1. The van der Waals surface area contributed by atoms with E-state index in [2.05, 4.69) is 50.3 Å². The Hall–Kier alpha value is -1.28. The van der Waals surface area contributed by atoms with E-state index in [1.807, 2.05) is 21.1 Å². The number of carbonyl (C=O) groups excluding carboxylic acids is 1. The van der Waals surface area contributed by atoms with Crippen molar-refractivity contribution >= 4 is 13.8 Å². The molecule has 0 amide bonds. The largest absolute Gasteiger partial charge is 0.756 e. The SMILES string of the molecule is CCC/C=C\C/C=C\CCCCCCCC(=O)OC(COCCCCCCCC/C=C\CCCC)COP(=O)([O-])OCC[N+](C)(C)C. The lowest BCUT2D eigenvalue weighted by atomic mass is 10.1. The van der Waals surface area contributed by atoms with Crippen LogP contribution in [0, 0.1) is 0 Å². The molecule has 0 aromatic rings. The number of hydrogen-bond donors (Lipinski definition) is 0. The Labute approximate surface area is 289 Å². The van der Waals surface area contributed by atoms with Crippen molar-refractivity contribution in [1.29, 1.82) is 0 Å². The van der Waals surface area contributed by atoms with Gasteiger partial charge < -0.3 is 27.9 Å². The van der Waals surface area contributed by atoms with Crippen LogP contribution in [0.4, 0.5) is 0 Å². The molecule has 0 bridgehead atoms. The van der Waals surface area contributed by atoms with Gasteiger partial charge in [0, 0.05) is 13.0 Å². The Morgan fingerprint density at radius 2 is 1.21 bits per heavy atom. The molecule has 0 aromatic carbocycles. The van der Waals surface area contributed by atoms with E-state index in [1.54, 1.807) is 0 Å². The standard InChI is InChI=1S/C38H72NO7P/c1-6-8-10-12-14-16-18-20-21-23-25-27-29-31-38(40)46-37(36-45-47(41,42)44-34-32-39(3,4)5)35-43-33-30-28-26-24-22-19-17-15-13-11-9-7-2/h10,12-13,15-16,18,37H,6-9,11,14,17,19-36H2,1-5H3/b12-10-,15-13-,18-16-. The van der Waals surface area contributed by atoms with Crippen LogP contribution in [0.3, 0.4) is 0 Å². The predicted molar refractivity (Wildman–Crippen MR) is 194 cm³/mol. The molecule has 47 heavy (non-hydrogen) atoms. The third-order valence-electron chi connectivity index (χ3n) is 7.64. The molecular formula is C38H72NO7P. The average Bonchev–Trinajstić information content (AvgIpc) is 3.01. The summed E-state index contributed by atoms with van der Waals surface area (Å²) in [5.74, 6) is -0.354. The van der Waals surface area contributed by atoms with Crippen molar-refractivity contribution in [3.63, 3.8) is 0 Å². The summed E-state index contributed by atoms with van der Waals surface area (Å²) < 4.78 is 34.4. The molecule has 0 aliphatic rings. The first-order valence-electron chi connectivity index (χ1n) is 18.7. The zero-order chi connectivity index (χ0) is 34.9. The summed E-state index contributed by atoms with van der Waals surface area (Å²) in [4.78, 5) is 24.9. The normalized spacial score (nSPS) is 14.4. The van der Waals surface area contributed by atoms with E-state index in [-0.39, 0.29) is 25.8 Å². The van der Waals surface area contributed by atoms with Crippen molar-refractivity contribution in [3.05, 3.63) is 36.5 Å². The summed E-state index contributed by atoms with van der Waals surface area (Å²) in [6, 6.07) is 0. The van der Waals surface area contributed by atoms with Gasteiger partial charge in [-0.1, -0.05) is 115 Å². The van der Waals surface area contributed by atoms with Gasteiger partial charge in [0.2, 0.25) is 0 Å². The lowest BCUT2D eigenvalue weighted by Gasteiger charge is -2.28. The second kappa shape index (κ2) is 32.0. The van der Waals surface area contributed by atoms with Crippen LogP contribution in [0.25, 0.3) is 0 Å². The third-order valence-corrected chi connectivity index (χ3v) is 8.61. The smallest absolute Gasteiger partial charge is 0.306 e. The average molecular weight is 686 g/mol. The summed E-state index contributed by atoms with van der Waals surface area (Å²) in [7, 11) is 1.34. The highest BCUT2D eigenvalue weighted by atomic mass is 31.2. The summed E-state index contributed by atoms with van der Waals surface area (Å²) in [6.07, 6.45) is 34.3.